The molecule has 4 rings (SSSR count). The van der Waals surface area contributed by atoms with Crippen LogP contribution in [0, 0.1) is 17.8 Å². The fourth-order valence-electron chi connectivity index (χ4n) is 5.16. The molecule has 26 heavy (non-hydrogen) atoms. The average Bonchev–Trinajstić information content (AvgIpc) is 2.69. The second kappa shape index (κ2) is 6.27. The first-order chi connectivity index (χ1) is 12.6. The second-order valence-electron chi connectivity index (χ2n) is 7.40. The van der Waals surface area contributed by atoms with E-state index in [9.17, 15) is 4.79 Å². The molecule has 0 radical (unpaired) electrons. The second-order valence-corrected chi connectivity index (χ2v) is 7.40. The summed E-state index contributed by atoms with van der Waals surface area (Å²) in [7, 11) is 3.34. The number of rotatable bonds is 4. The molecule has 0 N–H and O–H groups in total. The van der Waals surface area contributed by atoms with E-state index in [0.717, 1.165) is 35.5 Å². The third kappa shape index (κ3) is 2.28. The lowest BCUT2D eigenvalue weighted by atomic mass is 9.58. The highest BCUT2D eigenvalue weighted by atomic mass is 16.7. The molecule has 0 fully saturated rings. The number of hydrogen-bond donors (Lipinski definition) is 0. The van der Waals surface area contributed by atoms with Crippen molar-refractivity contribution in [2.75, 3.05) is 14.2 Å². The molecule has 0 aromatic heterocycles. The van der Waals surface area contributed by atoms with Gasteiger partial charge in [-0.25, -0.2) is 0 Å². The van der Waals surface area contributed by atoms with Gasteiger partial charge in [-0.2, -0.15) is 0 Å². The van der Waals surface area contributed by atoms with Crippen molar-refractivity contribution in [1.29, 1.82) is 0 Å². The maximum absolute atomic E-state index is 12.7. The Bertz CT molecular complexity index is 793. The van der Waals surface area contributed by atoms with Gasteiger partial charge in [-0.05, 0) is 48.6 Å². The minimum absolute atomic E-state index is 0.0793. The number of benzene rings is 1. The highest BCUT2D eigenvalue weighted by Crippen LogP contribution is 2.59. The predicted octanol–water partition coefficient (Wildman–Crippen LogP) is 4.26. The summed E-state index contributed by atoms with van der Waals surface area (Å²) in [5.74, 6) is 1.63. The Balaban J connectivity index is 1.98. The van der Waals surface area contributed by atoms with Crippen LogP contribution < -0.4 is 9.47 Å². The van der Waals surface area contributed by atoms with E-state index >= 15 is 0 Å². The molecule has 4 nitrogen and oxygen atoms in total. The van der Waals surface area contributed by atoms with Crippen molar-refractivity contribution in [3.63, 3.8) is 0 Å². The topological polar surface area (TPSA) is 44.8 Å². The zero-order chi connectivity index (χ0) is 18.5. The van der Waals surface area contributed by atoms with Gasteiger partial charge in [0.05, 0.1) is 13.0 Å². The molecule has 1 heterocycles. The molecule has 0 bridgehead atoms. The molecule has 1 aromatic carbocycles. The van der Waals surface area contributed by atoms with Gasteiger partial charge in [-0.15, -0.1) is 0 Å². The first-order valence-corrected chi connectivity index (χ1v) is 9.45. The van der Waals surface area contributed by atoms with Crippen LogP contribution in [0.2, 0.25) is 0 Å². The van der Waals surface area contributed by atoms with Crippen LogP contribution in [0.25, 0.3) is 0 Å². The van der Waals surface area contributed by atoms with Crippen molar-refractivity contribution in [1.82, 2.24) is 0 Å². The van der Waals surface area contributed by atoms with Gasteiger partial charge in [0.25, 0.3) is 0 Å². The predicted molar refractivity (Wildman–Crippen MR) is 99.4 cm³/mol. The molecule has 0 saturated heterocycles. The molecular formula is C22H26O4. The smallest absolute Gasteiger partial charge is 0.238 e. The molecule has 138 valence electrons. The number of allylic oxidation sites excluding steroid dienone is 2. The number of carbonyl (C=O) groups excluding carboxylic acids is 1. The van der Waals surface area contributed by atoms with Crippen LogP contribution in [0.15, 0.2) is 42.0 Å². The number of carbonyl (C=O) groups is 1. The van der Waals surface area contributed by atoms with Crippen LogP contribution in [0.5, 0.6) is 11.5 Å². The molecule has 5 unspecified atom stereocenters. The summed E-state index contributed by atoms with van der Waals surface area (Å²) < 4.78 is 17.7. The lowest BCUT2D eigenvalue weighted by Gasteiger charge is -2.53. The summed E-state index contributed by atoms with van der Waals surface area (Å²) in [5, 5.41) is 0. The van der Waals surface area contributed by atoms with Gasteiger partial charge in [0, 0.05) is 24.2 Å². The Hall–Kier alpha value is -2.07. The molecule has 5 atom stereocenters. The molecular weight excluding hydrogens is 328 g/mol. The maximum Gasteiger partial charge on any atom is 0.238 e. The zero-order valence-corrected chi connectivity index (χ0v) is 15.8. The molecule has 0 saturated carbocycles. The lowest BCUT2D eigenvalue weighted by Crippen LogP contribution is -2.56. The Morgan fingerprint density at radius 2 is 2.00 bits per heavy atom. The van der Waals surface area contributed by atoms with Gasteiger partial charge in [0.1, 0.15) is 11.5 Å². The number of methoxy groups -OCH3 is 2. The van der Waals surface area contributed by atoms with Gasteiger partial charge < -0.3 is 14.2 Å². The van der Waals surface area contributed by atoms with E-state index in [1.807, 2.05) is 12.1 Å². The molecule has 1 aliphatic heterocycles. The first-order valence-electron chi connectivity index (χ1n) is 9.45. The SMILES string of the molecule is CCC1C=C2C(=O)C=CC3(OC)Oc4ccc(OC)cc4C(C1CC)C23. The fraction of sp³-hybridized carbons (Fsp3) is 0.500. The van der Waals surface area contributed by atoms with Crippen LogP contribution in [-0.4, -0.2) is 25.8 Å². The first kappa shape index (κ1) is 17.3. The molecule has 1 aromatic rings. The maximum atomic E-state index is 12.7. The van der Waals surface area contributed by atoms with E-state index in [1.54, 1.807) is 26.4 Å². The van der Waals surface area contributed by atoms with E-state index in [1.165, 1.54) is 0 Å². The molecule has 0 spiro atoms. The summed E-state index contributed by atoms with van der Waals surface area (Å²) >= 11 is 0. The van der Waals surface area contributed by atoms with E-state index in [-0.39, 0.29) is 17.6 Å². The normalized spacial score (nSPS) is 34.5. The highest BCUT2D eigenvalue weighted by Gasteiger charge is 2.57. The van der Waals surface area contributed by atoms with Crippen LogP contribution in [0.3, 0.4) is 0 Å². The summed E-state index contributed by atoms with van der Waals surface area (Å²) in [4.78, 5) is 12.7. The van der Waals surface area contributed by atoms with Gasteiger partial charge in [0.15, 0.2) is 5.78 Å². The zero-order valence-electron chi connectivity index (χ0n) is 15.8. The van der Waals surface area contributed by atoms with Crippen LogP contribution in [0.4, 0.5) is 0 Å². The van der Waals surface area contributed by atoms with Gasteiger partial charge in [0.2, 0.25) is 5.79 Å². The van der Waals surface area contributed by atoms with E-state index in [4.69, 9.17) is 14.2 Å². The Morgan fingerprint density at radius 3 is 2.65 bits per heavy atom. The summed E-state index contributed by atoms with van der Waals surface area (Å²) in [6.07, 6.45) is 7.65. The fourth-order valence-corrected chi connectivity index (χ4v) is 5.16. The van der Waals surface area contributed by atoms with E-state index < -0.39 is 5.79 Å². The van der Waals surface area contributed by atoms with Crippen LogP contribution >= 0.6 is 0 Å². The van der Waals surface area contributed by atoms with Gasteiger partial charge >= 0.3 is 0 Å². The van der Waals surface area contributed by atoms with Crippen molar-refractivity contribution in [2.45, 2.75) is 38.4 Å². The standard InChI is InChI=1S/C22H26O4/c1-5-13-11-16-18(23)9-10-22(25-4)21(16)20(15(13)6-2)17-12-14(24-3)7-8-19(17)26-22/h7-13,15,20-21H,5-6H2,1-4H3. The molecule has 0 amide bonds. The highest BCUT2D eigenvalue weighted by molar-refractivity contribution is 6.06. The quantitative estimate of drug-likeness (QED) is 0.810. The molecule has 4 heteroatoms. The van der Waals surface area contributed by atoms with Gasteiger partial charge in [-0.3, -0.25) is 4.79 Å². The lowest BCUT2D eigenvalue weighted by molar-refractivity contribution is -0.180. The Kier molecular flexibility index (Phi) is 4.19. The minimum atomic E-state index is -0.919. The van der Waals surface area contributed by atoms with Crippen molar-refractivity contribution in [3.8, 4) is 11.5 Å². The number of ether oxygens (including phenoxy) is 3. The Labute approximate surface area is 154 Å². The van der Waals surface area contributed by atoms with Crippen molar-refractivity contribution >= 4 is 5.78 Å². The van der Waals surface area contributed by atoms with Crippen molar-refractivity contribution < 1.29 is 19.0 Å². The van der Waals surface area contributed by atoms with Crippen LogP contribution in [0.1, 0.15) is 38.2 Å². The summed E-state index contributed by atoms with van der Waals surface area (Å²) in [6, 6.07) is 5.94. The third-order valence-corrected chi connectivity index (χ3v) is 6.39. The van der Waals surface area contributed by atoms with Crippen LogP contribution in [-0.2, 0) is 9.53 Å². The van der Waals surface area contributed by atoms with E-state index in [2.05, 4.69) is 26.0 Å². The van der Waals surface area contributed by atoms with Gasteiger partial charge in [-0.1, -0.05) is 26.3 Å². The van der Waals surface area contributed by atoms with E-state index in [0.29, 0.717) is 11.8 Å². The molecule has 3 aliphatic rings. The number of hydrogen-bond acceptors (Lipinski definition) is 4. The monoisotopic (exact) mass is 354 g/mol. The minimum Gasteiger partial charge on any atom is -0.497 e. The largest absolute Gasteiger partial charge is 0.497 e. The Morgan fingerprint density at radius 1 is 1.19 bits per heavy atom. The summed E-state index contributed by atoms with van der Waals surface area (Å²) in [6.45, 7) is 4.43. The van der Waals surface area contributed by atoms with Crippen molar-refractivity contribution in [2.24, 2.45) is 17.8 Å². The summed E-state index contributed by atoms with van der Waals surface area (Å²) in [5.41, 5.74) is 1.96. The number of ketones is 1. The molecule has 2 aliphatic carbocycles. The number of fused-ring (bicyclic) bond motifs is 2. The third-order valence-electron chi connectivity index (χ3n) is 6.39. The average molecular weight is 354 g/mol. The van der Waals surface area contributed by atoms with Crippen molar-refractivity contribution in [3.05, 3.63) is 47.6 Å².